The molecule has 0 aliphatic heterocycles. The lowest BCUT2D eigenvalue weighted by molar-refractivity contribution is 0.768. The Hall–Kier alpha value is -6.81. The maximum absolute atomic E-state index is 4.84. The molecule has 258 valence electrons. The Kier molecular flexibility index (Phi) is 7.29. The van der Waals surface area contributed by atoms with E-state index in [4.69, 9.17) is 4.98 Å². The number of fused-ring (bicyclic) bond motifs is 8. The molecule has 0 N–H and O–H groups in total. The standard InChI is InChI=1S/C52H34N2S/c1-4-16-35(17-5-1)40-22-12-15-27-49(40)54(39-29-31-43-45-34-53-48-26-14-11-24-44(48)51(45)55-50(43)33-39)38-28-30-42-41-23-10-13-25-46(41)52(47(42)32-38,36-18-6-2-7-19-36)37-20-8-3-9-21-37/h1-34H. The van der Waals surface area contributed by atoms with E-state index in [1.54, 1.807) is 0 Å². The molecule has 2 nitrogen and oxygen atoms in total. The van der Waals surface area contributed by atoms with E-state index in [0.717, 1.165) is 22.6 Å². The lowest BCUT2D eigenvalue weighted by Crippen LogP contribution is -2.28. The van der Waals surface area contributed by atoms with Crippen molar-refractivity contribution in [2.75, 3.05) is 4.90 Å². The first-order valence-electron chi connectivity index (χ1n) is 18.8. The number of aromatic nitrogens is 1. The number of hydrogen-bond acceptors (Lipinski definition) is 3. The van der Waals surface area contributed by atoms with Crippen molar-refractivity contribution in [3.63, 3.8) is 0 Å². The summed E-state index contributed by atoms with van der Waals surface area (Å²) < 4.78 is 2.52. The van der Waals surface area contributed by atoms with Gasteiger partial charge in [-0.05, 0) is 75.3 Å². The fraction of sp³-hybridized carbons (Fsp3) is 0.0192. The van der Waals surface area contributed by atoms with Crippen molar-refractivity contribution >= 4 is 59.5 Å². The van der Waals surface area contributed by atoms with Crippen LogP contribution in [-0.4, -0.2) is 4.98 Å². The Balaban J connectivity index is 1.20. The fourth-order valence-electron chi connectivity index (χ4n) is 9.01. The molecule has 0 bridgehead atoms. The number of rotatable bonds is 6. The van der Waals surface area contributed by atoms with E-state index in [0.29, 0.717) is 0 Å². The Morgan fingerprint density at radius 2 is 1.04 bits per heavy atom. The molecule has 0 radical (unpaired) electrons. The van der Waals surface area contributed by atoms with Gasteiger partial charge >= 0.3 is 0 Å². The van der Waals surface area contributed by atoms with Crippen molar-refractivity contribution < 1.29 is 0 Å². The van der Waals surface area contributed by atoms with E-state index in [1.165, 1.54) is 70.1 Å². The zero-order valence-electron chi connectivity index (χ0n) is 29.9. The molecule has 0 spiro atoms. The van der Waals surface area contributed by atoms with Gasteiger partial charge in [-0.2, -0.15) is 0 Å². The minimum absolute atomic E-state index is 0.501. The minimum Gasteiger partial charge on any atom is -0.310 e. The molecule has 0 fully saturated rings. The number of pyridine rings is 1. The predicted octanol–water partition coefficient (Wildman–Crippen LogP) is 14.1. The molecule has 1 aliphatic rings. The highest BCUT2D eigenvalue weighted by Gasteiger charge is 2.46. The highest BCUT2D eigenvalue weighted by atomic mass is 32.1. The van der Waals surface area contributed by atoms with Gasteiger partial charge in [0.15, 0.2) is 0 Å². The molecule has 0 saturated heterocycles. The number of nitrogens with zero attached hydrogens (tertiary/aromatic N) is 2. The third kappa shape index (κ3) is 4.83. The molecule has 55 heavy (non-hydrogen) atoms. The van der Waals surface area contributed by atoms with Crippen LogP contribution in [0.15, 0.2) is 206 Å². The number of para-hydroxylation sites is 2. The molecule has 11 rings (SSSR count). The highest BCUT2D eigenvalue weighted by molar-refractivity contribution is 7.26. The molecule has 8 aromatic carbocycles. The molecule has 0 atom stereocenters. The van der Waals surface area contributed by atoms with Gasteiger partial charge in [0.1, 0.15) is 0 Å². The van der Waals surface area contributed by atoms with Crippen LogP contribution in [0.5, 0.6) is 0 Å². The topological polar surface area (TPSA) is 16.1 Å². The molecule has 0 unspecified atom stereocenters. The number of hydrogen-bond donors (Lipinski definition) is 0. The molecule has 0 amide bonds. The average Bonchev–Trinajstić information content (AvgIpc) is 3.78. The number of thiophene rings is 1. The second-order valence-electron chi connectivity index (χ2n) is 14.3. The van der Waals surface area contributed by atoms with Crippen LogP contribution in [0.2, 0.25) is 0 Å². The van der Waals surface area contributed by atoms with Gasteiger partial charge in [-0.1, -0.05) is 164 Å². The maximum Gasteiger partial charge on any atom is 0.0716 e. The van der Waals surface area contributed by atoms with Gasteiger partial charge in [0, 0.05) is 48.7 Å². The molecule has 1 aliphatic carbocycles. The predicted molar refractivity (Wildman–Crippen MR) is 232 cm³/mol. The van der Waals surface area contributed by atoms with Gasteiger partial charge in [0.2, 0.25) is 0 Å². The van der Waals surface area contributed by atoms with E-state index in [9.17, 15) is 0 Å². The molecule has 2 heterocycles. The van der Waals surface area contributed by atoms with E-state index < -0.39 is 5.41 Å². The van der Waals surface area contributed by atoms with Crippen LogP contribution in [0.25, 0.3) is 53.3 Å². The fourth-order valence-corrected chi connectivity index (χ4v) is 10.3. The van der Waals surface area contributed by atoms with Crippen LogP contribution < -0.4 is 4.90 Å². The summed E-state index contributed by atoms with van der Waals surface area (Å²) in [7, 11) is 0. The lowest BCUT2D eigenvalue weighted by Gasteiger charge is -2.35. The van der Waals surface area contributed by atoms with Gasteiger partial charge < -0.3 is 4.90 Å². The van der Waals surface area contributed by atoms with Gasteiger partial charge in [0.25, 0.3) is 0 Å². The third-order valence-electron chi connectivity index (χ3n) is 11.4. The van der Waals surface area contributed by atoms with Gasteiger partial charge in [-0.3, -0.25) is 4.98 Å². The normalized spacial score (nSPS) is 12.9. The summed E-state index contributed by atoms with van der Waals surface area (Å²) in [6.07, 6.45) is 2.05. The van der Waals surface area contributed by atoms with Crippen LogP contribution in [0.4, 0.5) is 17.1 Å². The van der Waals surface area contributed by atoms with Crippen LogP contribution in [0.1, 0.15) is 22.3 Å². The van der Waals surface area contributed by atoms with Crippen LogP contribution >= 0.6 is 11.3 Å². The Morgan fingerprint density at radius 3 is 1.82 bits per heavy atom. The summed E-state index contributed by atoms with van der Waals surface area (Å²) in [6, 6.07) is 73.2. The zero-order valence-corrected chi connectivity index (χ0v) is 30.7. The smallest absolute Gasteiger partial charge is 0.0716 e. The van der Waals surface area contributed by atoms with Crippen molar-refractivity contribution in [2.45, 2.75) is 5.41 Å². The zero-order chi connectivity index (χ0) is 36.3. The van der Waals surface area contributed by atoms with Gasteiger partial charge in [0.05, 0.1) is 16.6 Å². The SMILES string of the molecule is c1ccc(-c2ccccc2N(c2ccc3c(c2)C(c2ccccc2)(c2ccccc2)c2ccccc2-3)c2ccc3c(c2)sc2c4ccccc4ncc32)cc1. The van der Waals surface area contributed by atoms with Gasteiger partial charge in [-0.15, -0.1) is 11.3 Å². The van der Waals surface area contributed by atoms with Crippen molar-refractivity contribution in [2.24, 2.45) is 0 Å². The quantitative estimate of drug-likeness (QED) is 0.170. The van der Waals surface area contributed by atoms with Crippen molar-refractivity contribution in [3.05, 3.63) is 229 Å². The molecular weight excluding hydrogens is 685 g/mol. The van der Waals surface area contributed by atoms with Crippen LogP contribution in [0.3, 0.4) is 0 Å². The molecule has 2 aromatic heterocycles. The first-order valence-corrected chi connectivity index (χ1v) is 19.6. The summed E-state index contributed by atoms with van der Waals surface area (Å²) in [4.78, 5) is 7.30. The summed E-state index contributed by atoms with van der Waals surface area (Å²) >= 11 is 1.85. The molecule has 3 heteroatoms. The van der Waals surface area contributed by atoms with Gasteiger partial charge in [-0.25, -0.2) is 0 Å². The molecular formula is C52H34N2S. The van der Waals surface area contributed by atoms with Crippen molar-refractivity contribution in [1.82, 2.24) is 4.98 Å². The second-order valence-corrected chi connectivity index (χ2v) is 15.3. The molecule has 0 saturated carbocycles. The Morgan fingerprint density at radius 1 is 0.436 bits per heavy atom. The summed E-state index contributed by atoms with van der Waals surface area (Å²) in [5.41, 5.74) is 13.9. The van der Waals surface area contributed by atoms with E-state index >= 15 is 0 Å². The number of anilines is 3. The van der Waals surface area contributed by atoms with Crippen molar-refractivity contribution in [1.29, 1.82) is 0 Å². The van der Waals surface area contributed by atoms with Crippen LogP contribution in [0, 0.1) is 0 Å². The van der Waals surface area contributed by atoms with E-state index in [2.05, 4.69) is 205 Å². The third-order valence-corrected chi connectivity index (χ3v) is 12.6. The Labute approximate surface area is 324 Å². The van der Waals surface area contributed by atoms with Crippen LogP contribution in [-0.2, 0) is 5.41 Å². The Bertz CT molecular complexity index is 3000. The highest BCUT2D eigenvalue weighted by Crippen LogP contribution is 2.57. The largest absolute Gasteiger partial charge is 0.310 e. The lowest BCUT2D eigenvalue weighted by atomic mass is 9.67. The first kappa shape index (κ1) is 31.7. The molecule has 10 aromatic rings. The monoisotopic (exact) mass is 718 g/mol. The first-order chi connectivity index (χ1) is 27.3. The summed E-state index contributed by atoms with van der Waals surface area (Å²) in [5, 5.41) is 3.63. The van der Waals surface area contributed by atoms with E-state index in [-0.39, 0.29) is 0 Å². The second kappa shape index (κ2) is 12.7. The van der Waals surface area contributed by atoms with E-state index in [1.807, 2.05) is 17.5 Å². The average molecular weight is 719 g/mol. The summed E-state index contributed by atoms with van der Waals surface area (Å²) in [6.45, 7) is 0. The minimum atomic E-state index is -0.501. The number of benzene rings is 8. The summed E-state index contributed by atoms with van der Waals surface area (Å²) in [5.74, 6) is 0. The van der Waals surface area contributed by atoms with Crippen molar-refractivity contribution in [3.8, 4) is 22.3 Å². The maximum atomic E-state index is 4.84.